The largest absolute Gasteiger partial charge is 0.361 e. The number of halogens is 3. The van der Waals surface area contributed by atoms with Gasteiger partial charge in [-0.1, -0.05) is 18.2 Å². The van der Waals surface area contributed by atoms with Crippen molar-refractivity contribution in [1.82, 2.24) is 20.5 Å². The van der Waals surface area contributed by atoms with Gasteiger partial charge in [0.15, 0.2) is 5.82 Å². The van der Waals surface area contributed by atoms with Crippen LogP contribution in [-0.4, -0.2) is 28.3 Å². The number of aromatic nitrogens is 3. The van der Waals surface area contributed by atoms with Crippen molar-refractivity contribution in [2.45, 2.75) is 38.2 Å². The Bertz CT molecular complexity index is 1110. The normalized spacial score (nSPS) is 18.0. The number of benzene rings is 1. The van der Waals surface area contributed by atoms with Crippen LogP contribution in [0.1, 0.15) is 55.0 Å². The molecule has 1 aliphatic rings. The molecule has 30 heavy (non-hydrogen) atoms. The van der Waals surface area contributed by atoms with Gasteiger partial charge >= 0.3 is 0 Å². The minimum Gasteiger partial charge on any atom is -0.361 e. The highest BCUT2D eigenvalue weighted by molar-refractivity contribution is 5.90. The first-order valence-corrected chi connectivity index (χ1v) is 9.87. The molecule has 3 N–H and O–H groups in total. The lowest BCUT2D eigenvalue weighted by molar-refractivity contribution is 0.146. The van der Waals surface area contributed by atoms with Crippen LogP contribution in [0.15, 0.2) is 35.3 Å². The number of aromatic amines is 1. The van der Waals surface area contributed by atoms with Gasteiger partial charge in [-0.2, -0.15) is 5.10 Å². The van der Waals surface area contributed by atoms with E-state index >= 15 is 0 Å². The molecule has 1 unspecified atom stereocenters. The SMILES string of the molecule is C[C@@H](Nc1n[nH]c(=O)c2cnc(C3CCCNC3)cc12)c1cccc(C(F)F)c1F. The summed E-state index contributed by atoms with van der Waals surface area (Å²) >= 11 is 0. The number of rotatable bonds is 5. The summed E-state index contributed by atoms with van der Waals surface area (Å²) in [6.07, 6.45) is 0.655. The van der Waals surface area contributed by atoms with Crippen LogP contribution in [0, 0.1) is 5.82 Å². The molecule has 2 atom stereocenters. The van der Waals surface area contributed by atoms with Crippen molar-refractivity contribution in [3.8, 4) is 0 Å². The smallest absolute Gasteiger partial charge is 0.273 e. The van der Waals surface area contributed by atoms with Gasteiger partial charge in [0.2, 0.25) is 0 Å². The molecule has 0 saturated carbocycles. The summed E-state index contributed by atoms with van der Waals surface area (Å²) < 4.78 is 40.6. The second kappa shape index (κ2) is 8.43. The van der Waals surface area contributed by atoms with E-state index in [-0.39, 0.29) is 17.0 Å². The standard InChI is InChI=1S/C21H22F3N5O/c1-11(13-5-2-6-14(18(13)22)19(23)24)27-20-15-8-17(12-4-3-7-25-9-12)26-10-16(15)21(30)29-28-20/h2,5-6,8,10-12,19,25H,3-4,7,9H2,1H3,(H,27,28)(H,29,30)/t11-,12?/m1/s1. The number of nitrogens with zero attached hydrogens (tertiary/aromatic N) is 2. The quantitative estimate of drug-likeness (QED) is 0.584. The average Bonchev–Trinajstić information content (AvgIpc) is 2.76. The lowest BCUT2D eigenvalue weighted by atomic mass is 9.95. The number of hydrogen-bond donors (Lipinski definition) is 3. The van der Waals surface area contributed by atoms with E-state index in [9.17, 15) is 18.0 Å². The molecule has 9 heteroatoms. The van der Waals surface area contributed by atoms with Crippen LogP contribution in [0.25, 0.3) is 10.8 Å². The van der Waals surface area contributed by atoms with E-state index in [0.29, 0.717) is 16.6 Å². The summed E-state index contributed by atoms with van der Waals surface area (Å²) in [5.41, 5.74) is -0.0741. The zero-order valence-corrected chi connectivity index (χ0v) is 16.4. The Morgan fingerprint density at radius 3 is 2.77 bits per heavy atom. The third-order valence-electron chi connectivity index (χ3n) is 5.52. The van der Waals surface area contributed by atoms with E-state index in [0.717, 1.165) is 37.7 Å². The first kappa shape index (κ1) is 20.3. The fraction of sp³-hybridized carbons (Fsp3) is 0.381. The number of nitrogens with one attached hydrogen (secondary N) is 3. The van der Waals surface area contributed by atoms with Crippen molar-refractivity contribution < 1.29 is 13.2 Å². The molecule has 0 bridgehead atoms. The highest BCUT2D eigenvalue weighted by atomic mass is 19.3. The lowest BCUT2D eigenvalue weighted by Crippen LogP contribution is -2.28. The van der Waals surface area contributed by atoms with Crippen LogP contribution in [0.5, 0.6) is 0 Å². The molecule has 0 amide bonds. The second-order valence-electron chi connectivity index (χ2n) is 7.52. The predicted octanol–water partition coefficient (Wildman–Crippen LogP) is 4.03. The van der Waals surface area contributed by atoms with Crippen molar-refractivity contribution in [2.24, 2.45) is 0 Å². The van der Waals surface area contributed by atoms with Gasteiger partial charge in [-0.15, -0.1) is 0 Å². The fourth-order valence-corrected chi connectivity index (χ4v) is 3.87. The molecule has 1 saturated heterocycles. The molecule has 158 valence electrons. The number of hydrogen-bond acceptors (Lipinski definition) is 5. The Balaban J connectivity index is 1.71. The van der Waals surface area contributed by atoms with Crippen molar-refractivity contribution in [1.29, 1.82) is 0 Å². The molecule has 3 heterocycles. The van der Waals surface area contributed by atoms with Crippen LogP contribution in [0.2, 0.25) is 0 Å². The lowest BCUT2D eigenvalue weighted by Gasteiger charge is -2.23. The number of piperidine rings is 1. The minimum absolute atomic E-state index is 0.0970. The van der Waals surface area contributed by atoms with Gasteiger partial charge in [0.1, 0.15) is 5.82 Å². The Kier molecular flexibility index (Phi) is 5.72. The summed E-state index contributed by atoms with van der Waals surface area (Å²) in [6.45, 7) is 3.43. The molecule has 1 fully saturated rings. The van der Waals surface area contributed by atoms with Crippen molar-refractivity contribution in [3.63, 3.8) is 0 Å². The van der Waals surface area contributed by atoms with Crippen LogP contribution in [0.4, 0.5) is 19.0 Å². The highest BCUT2D eigenvalue weighted by Crippen LogP contribution is 2.31. The number of fused-ring (bicyclic) bond motifs is 1. The van der Waals surface area contributed by atoms with Gasteiger partial charge in [0.05, 0.1) is 17.0 Å². The van der Waals surface area contributed by atoms with E-state index in [1.807, 2.05) is 6.07 Å². The number of anilines is 1. The molecular formula is C21H22F3N5O. The van der Waals surface area contributed by atoms with Crippen LogP contribution >= 0.6 is 0 Å². The molecular weight excluding hydrogens is 395 g/mol. The number of alkyl halides is 2. The minimum atomic E-state index is -2.90. The van der Waals surface area contributed by atoms with Crippen molar-refractivity contribution >= 4 is 16.6 Å². The van der Waals surface area contributed by atoms with E-state index in [1.165, 1.54) is 18.3 Å². The molecule has 2 aromatic heterocycles. The van der Waals surface area contributed by atoms with Gasteiger partial charge in [-0.25, -0.2) is 18.3 Å². The maximum absolute atomic E-state index is 14.5. The number of pyridine rings is 1. The molecule has 0 spiro atoms. The number of H-pyrrole nitrogens is 1. The summed E-state index contributed by atoms with van der Waals surface area (Å²) in [5, 5.41) is 13.8. The zero-order valence-electron chi connectivity index (χ0n) is 16.4. The average molecular weight is 417 g/mol. The second-order valence-corrected chi connectivity index (χ2v) is 7.52. The maximum atomic E-state index is 14.5. The first-order valence-electron chi connectivity index (χ1n) is 9.87. The molecule has 6 nitrogen and oxygen atoms in total. The highest BCUT2D eigenvalue weighted by Gasteiger charge is 2.22. The Labute approximate surface area is 170 Å². The van der Waals surface area contributed by atoms with Crippen LogP contribution < -0.4 is 16.2 Å². The van der Waals surface area contributed by atoms with Gasteiger partial charge in [0.25, 0.3) is 12.0 Å². The zero-order chi connectivity index (χ0) is 21.3. The molecule has 1 aliphatic heterocycles. The molecule has 0 aliphatic carbocycles. The van der Waals surface area contributed by atoms with Crippen LogP contribution in [0.3, 0.4) is 0 Å². The molecule has 1 aromatic carbocycles. The predicted molar refractivity (Wildman–Crippen MR) is 108 cm³/mol. The van der Waals surface area contributed by atoms with Gasteiger partial charge in [-0.05, 0) is 32.4 Å². The summed E-state index contributed by atoms with van der Waals surface area (Å²) in [5.74, 6) is -0.379. The summed E-state index contributed by atoms with van der Waals surface area (Å²) in [4.78, 5) is 16.7. The van der Waals surface area contributed by atoms with Crippen molar-refractivity contribution in [3.05, 3.63) is 63.5 Å². The van der Waals surface area contributed by atoms with E-state index < -0.39 is 23.8 Å². The van der Waals surface area contributed by atoms with Gasteiger partial charge in [0, 0.05) is 35.3 Å². The van der Waals surface area contributed by atoms with Crippen molar-refractivity contribution in [2.75, 3.05) is 18.4 Å². The Morgan fingerprint density at radius 1 is 1.23 bits per heavy atom. The Morgan fingerprint density at radius 2 is 2.03 bits per heavy atom. The summed E-state index contributed by atoms with van der Waals surface area (Å²) in [7, 11) is 0. The molecule has 3 aromatic rings. The van der Waals surface area contributed by atoms with Gasteiger partial charge in [-0.3, -0.25) is 9.78 Å². The molecule has 0 radical (unpaired) electrons. The summed E-state index contributed by atoms with van der Waals surface area (Å²) in [6, 6.07) is 5.09. The van der Waals surface area contributed by atoms with E-state index in [2.05, 4.69) is 25.8 Å². The van der Waals surface area contributed by atoms with Gasteiger partial charge < -0.3 is 10.6 Å². The topological polar surface area (TPSA) is 82.7 Å². The Hall–Kier alpha value is -2.94. The molecule has 4 rings (SSSR count). The first-order chi connectivity index (χ1) is 14.5. The maximum Gasteiger partial charge on any atom is 0.273 e. The van der Waals surface area contributed by atoms with Crippen LogP contribution in [-0.2, 0) is 0 Å². The third-order valence-corrected chi connectivity index (χ3v) is 5.52. The monoisotopic (exact) mass is 417 g/mol. The van der Waals surface area contributed by atoms with E-state index in [1.54, 1.807) is 6.92 Å². The fourth-order valence-electron chi connectivity index (χ4n) is 3.87. The third kappa shape index (κ3) is 3.89. The van der Waals surface area contributed by atoms with E-state index in [4.69, 9.17) is 0 Å².